The van der Waals surface area contributed by atoms with Crippen molar-refractivity contribution in [1.82, 2.24) is 4.90 Å². The van der Waals surface area contributed by atoms with Gasteiger partial charge in [-0.3, -0.25) is 9.89 Å². The van der Waals surface area contributed by atoms with Crippen molar-refractivity contribution in [2.24, 2.45) is 10.7 Å². The minimum absolute atomic E-state index is 0. The predicted molar refractivity (Wildman–Crippen MR) is 110 cm³/mol. The highest BCUT2D eigenvalue weighted by molar-refractivity contribution is 14.0. The first-order valence-electron chi connectivity index (χ1n) is 8.21. The summed E-state index contributed by atoms with van der Waals surface area (Å²) in [4.78, 5) is 6.99. The Morgan fingerprint density at radius 2 is 2.04 bits per heavy atom. The lowest BCUT2D eigenvalue weighted by molar-refractivity contribution is 0.161. The van der Waals surface area contributed by atoms with E-state index in [-0.39, 0.29) is 24.0 Å². The number of benzene rings is 1. The highest BCUT2D eigenvalue weighted by atomic mass is 127. The molecule has 1 heterocycles. The number of nitrogens with one attached hydrogen (secondary N) is 1. The molecule has 1 aromatic carbocycles. The molecule has 0 amide bonds. The largest absolute Gasteiger partial charge is 0.493 e. The molecule has 3 N–H and O–H groups in total. The number of methoxy groups -OCH3 is 2. The summed E-state index contributed by atoms with van der Waals surface area (Å²) in [5.74, 6) is 1.78. The van der Waals surface area contributed by atoms with Crippen LogP contribution in [0.15, 0.2) is 23.2 Å². The summed E-state index contributed by atoms with van der Waals surface area (Å²) < 4.78 is 10.5. The van der Waals surface area contributed by atoms with E-state index in [1.54, 1.807) is 14.2 Å². The number of rotatable bonds is 6. The zero-order valence-corrected chi connectivity index (χ0v) is 17.1. The average molecular weight is 448 g/mol. The number of guanidine groups is 1. The van der Waals surface area contributed by atoms with E-state index in [1.165, 1.54) is 25.8 Å². The number of piperidine rings is 1. The molecule has 0 spiro atoms. The number of anilines is 1. The quantitative estimate of drug-likeness (QED) is 0.398. The van der Waals surface area contributed by atoms with E-state index in [4.69, 9.17) is 15.2 Å². The van der Waals surface area contributed by atoms with Crippen molar-refractivity contribution in [3.05, 3.63) is 18.2 Å². The molecule has 0 aromatic heterocycles. The standard InChI is InChI=1S/C17H28N4O2.HI/c1-4-21-10-6-5-7-14(21)12-19-17(18)20-13-8-9-15(22-2)16(11-13)23-3;/h8-9,11,14H,4-7,10,12H2,1-3H3,(H3,18,19,20);1H. The topological polar surface area (TPSA) is 72.1 Å². The Hall–Kier alpha value is -1.22. The Kier molecular flexibility index (Phi) is 9.20. The minimum Gasteiger partial charge on any atom is -0.493 e. The van der Waals surface area contributed by atoms with Crippen molar-refractivity contribution >= 4 is 35.6 Å². The summed E-state index contributed by atoms with van der Waals surface area (Å²) >= 11 is 0. The van der Waals surface area contributed by atoms with Crippen LogP contribution in [-0.2, 0) is 0 Å². The van der Waals surface area contributed by atoms with Crippen molar-refractivity contribution < 1.29 is 9.47 Å². The molecule has 136 valence electrons. The van der Waals surface area contributed by atoms with Crippen LogP contribution in [0.2, 0.25) is 0 Å². The maximum Gasteiger partial charge on any atom is 0.193 e. The van der Waals surface area contributed by atoms with Gasteiger partial charge in [0.1, 0.15) is 0 Å². The first-order chi connectivity index (χ1) is 11.2. The molecule has 2 rings (SSSR count). The zero-order chi connectivity index (χ0) is 16.7. The van der Waals surface area contributed by atoms with Crippen LogP contribution in [-0.4, -0.2) is 50.8 Å². The van der Waals surface area contributed by atoms with E-state index in [0.29, 0.717) is 23.5 Å². The van der Waals surface area contributed by atoms with Crippen LogP contribution in [0.25, 0.3) is 0 Å². The fourth-order valence-electron chi connectivity index (χ4n) is 2.99. The molecule has 1 aliphatic heterocycles. The number of hydrogen-bond acceptors (Lipinski definition) is 4. The molecule has 7 heteroatoms. The van der Waals surface area contributed by atoms with Crippen LogP contribution in [0.4, 0.5) is 5.69 Å². The number of likely N-dealkylation sites (N-methyl/N-ethyl adjacent to an activating group) is 1. The van der Waals surface area contributed by atoms with E-state index in [0.717, 1.165) is 18.8 Å². The van der Waals surface area contributed by atoms with E-state index >= 15 is 0 Å². The molecular weight excluding hydrogens is 419 g/mol. The van der Waals surface area contributed by atoms with Gasteiger partial charge in [-0.15, -0.1) is 24.0 Å². The molecular formula is C17H29IN4O2. The summed E-state index contributed by atoms with van der Waals surface area (Å²) in [6.07, 6.45) is 3.76. The van der Waals surface area contributed by atoms with E-state index < -0.39 is 0 Å². The van der Waals surface area contributed by atoms with Gasteiger partial charge in [-0.05, 0) is 38.1 Å². The number of halogens is 1. The summed E-state index contributed by atoms with van der Waals surface area (Å²) in [5, 5.41) is 3.11. The number of ether oxygens (including phenoxy) is 2. The number of aliphatic imine (C=N–C) groups is 1. The summed E-state index contributed by atoms with van der Waals surface area (Å²) in [7, 11) is 3.23. The number of nitrogens with two attached hydrogens (primary N) is 1. The van der Waals surface area contributed by atoms with Crippen LogP contribution in [0.3, 0.4) is 0 Å². The van der Waals surface area contributed by atoms with Crippen molar-refractivity contribution in [1.29, 1.82) is 0 Å². The fourth-order valence-corrected chi connectivity index (χ4v) is 2.99. The Morgan fingerprint density at radius 3 is 2.71 bits per heavy atom. The third-order valence-corrected chi connectivity index (χ3v) is 4.28. The van der Waals surface area contributed by atoms with Gasteiger partial charge in [-0.25, -0.2) is 0 Å². The molecule has 1 aliphatic rings. The van der Waals surface area contributed by atoms with Gasteiger partial charge in [-0.1, -0.05) is 13.3 Å². The summed E-state index contributed by atoms with van der Waals surface area (Å²) in [6.45, 7) is 5.18. The van der Waals surface area contributed by atoms with Gasteiger partial charge in [0, 0.05) is 17.8 Å². The molecule has 24 heavy (non-hydrogen) atoms. The Bertz CT molecular complexity index is 539. The third kappa shape index (κ3) is 5.70. The van der Waals surface area contributed by atoms with Crippen LogP contribution in [0.1, 0.15) is 26.2 Å². The highest BCUT2D eigenvalue weighted by Crippen LogP contribution is 2.29. The second-order valence-corrected chi connectivity index (χ2v) is 5.70. The van der Waals surface area contributed by atoms with Crippen molar-refractivity contribution in [3.63, 3.8) is 0 Å². The van der Waals surface area contributed by atoms with Gasteiger partial charge in [0.2, 0.25) is 0 Å². The molecule has 1 fully saturated rings. The maximum absolute atomic E-state index is 6.02. The molecule has 1 unspecified atom stereocenters. The first-order valence-corrected chi connectivity index (χ1v) is 8.21. The second-order valence-electron chi connectivity index (χ2n) is 5.70. The van der Waals surface area contributed by atoms with Crippen molar-refractivity contribution in [3.8, 4) is 11.5 Å². The maximum atomic E-state index is 6.02. The third-order valence-electron chi connectivity index (χ3n) is 4.28. The molecule has 0 saturated carbocycles. The predicted octanol–water partition coefficient (Wildman–Crippen LogP) is 2.92. The Balaban J connectivity index is 0.00000288. The minimum atomic E-state index is 0. The van der Waals surface area contributed by atoms with Gasteiger partial charge in [0.15, 0.2) is 17.5 Å². The molecule has 6 nitrogen and oxygen atoms in total. The van der Waals surface area contributed by atoms with Crippen LogP contribution < -0.4 is 20.5 Å². The number of likely N-dealkylation sites (tertiary alicyclic amines) is 1. The monoisotopic (exact) mass is 448 g/mol. The van der Waals surface area contributed by atoms with Crippen LogP contribution in [0, 0.1) is 0 Å². The van der Waals surface area contributed by atoms with Gasteiger partial charge in [0.05, 0.1) is 20.8 Å². The van der Waals surface area contributed by atoms with Gasteiger partial charge in [0.25, 0.3) is 0 Å². The Morgan fingerprint density at radius 1 is 1.29 bits per heavy atom. The molecule has 0 aliphatic carbocycles. The van der Waals surface area contributed by atoms with Crippen molar-refractivity contribution in [2.45, 2.75) is 32.2 Å². The van der Waals surface area contributed by atoms with E-state index in [2.05, 4.69) is 22.1 Å². The molecule has 0 radical (unpaired) electrons. The SMILES string of the molecule is CCN1CCCCC1CN=C(N)Nc1ccc(OC)c(OC)c1.I. The summed E-state index contributed by atoms with van der Waals surface area (Å²) in [5.41, 5.74) is 6.85. The first kappa shape index (κ1) is 20.8. The van der Waals surface area contributed by atoms with Crippen LogP contribution >= 0.6 is 24.0 Å². The van der Waals surface area contributed by atoms with E-state index in [9.17, 15) is 0 Å². The summed E-state index contributed by atoms with van der Waals surface area (Å²) in [6, 6.07) is 6.08. The van der Waals surface area contributed by atoms with Gasteiger partial charge in [-0.2, -0.15) is 0 Å². The van der Waals surface area contributed by atoms with E-state index in [1.807, 2.05) is 18.2 Å². The fraction of sp³-hybridized carbons (Fsp3) is 0.588. The lowest BCUT2D eigenvalue weighted by Crippen LogP contribution is -2.41. The lowest BCUT2D eigenvalue weighted by Gasteiger charge is -2.33. The number of hydrogen-bond donors (Lipinski definition) is 2. The highest BCUT2D eigenvalue weighted by Gasteiger charge is 2.20. The van der Waals surface area contributed by atoms with Crippen LogP contribution in [0.5, 0.6) is 11.5 Å². The number of nitrogens with zero attached hydrogens (tertiary/aromatic N) is 2. The normalized spacial score (nSPS) is 18.6. The Labute approximate surface area is 161 Å². The van der Waals surface area contributed by atoms with Gasteiger partial charge >= 0.3 is 0 Å². The second kappa shape index (κ2) is 10.6. The zero-order valence-electron chi connectivity index (χ0n) is 14.7. The molecule has 1 saturated heterocycles. The smallest absolute Gasteiger partial charge is 0.193 e. The molecule has 0 bridgehead atoms. The lowest BCUT2D eigenvalue weighted by atomic mass is 10.0. The van der Waals surface area contributed by atoms with Crippen molar-refractivity contribution in [2.75, 3.05) is 39.2 Å². The average Bonchev–Trinajstić information content (AvgIpc) is 2.60. The van der Waals surface area contributed by atoms with Gasteiger partial charge < -0.3 is 20.5 Å². The molecule has 1 aromatic rings. The molecule has 1 atom stereocenters.